The average molecular weight is 505 g/mol. The monoisotopic (exact) mass is 504 g/mol. The molecular formula is C21H18BrKN6O2. The second kappa shape index (κ2) is 11.3. The van der Waals surface area contributed by atoms with Crippen LogP contribution in [0, 0.1) is 0 Å². The molecule has 0 N–H and O–H groups in total. The third kappa shape index (κ3) is 6.18. The van der Waals surface area contributed by atoms with Gasteiger partial charge in [0.15, 0.2) is 0 Å². The predicted molar refractivity (Wildman–Crippen MR) is 114 cm³/mol. The minimum absolute atomic E-state index is 0. The van der Waals surface area contributed by atoms with Gasteiger partial charge in [0.05, 0.1) is 0 Å². The third-order valence-electron chi connectivity index (χ3n) is 4.88. The minimum atomic E-state index is -0.0567. The standard InChI is InChI=1S/C21H19BrN6O2.K/c22-18-8-1-15(2-9-18)3-10-19(29)27-11-13-28(14-12-27)21(30)17-6-4-16(5-7-17)20-23-25-26-24-20;/h1-10H,11-14H2,(H,23,24,25,26,30);/q;+1/p-1/b10-3+;. The summed E-state index contributed by atoms with van der Waals surface area (Å²) in [6, 6.07) is 14.8. The fourth-order valence-corrected chi connectivity index (χ4v) is 3.45. The molecule has 4 rings (SSSR count). The second-order valence-electron chi connectivity index (χ2n) is 6.78. The van der Waals surface area contributed by atoms with Gasteiger partial charge in [-0.15, -0.1) is 0 Å². The molecule has 3 aromatic rings. The quantitative estimate of drug-likeness (QED) is 0.343. The molecule has 2 aromatic carbocycles. The molecule has 1 saturated heterocycles. The van der Waals surface area contributed by atoms with Gasteiger partial charge in [-0.25, -0.2) is 0 Å². The summed E-state index contributed by atoms with van der Waals surface area (Å²) in [6.45, 7) is 2.01. The van der Waals surface area contributed by atoms with Crippen LogP contribution in [0.5, 0.6) is 0 Å². The Morgan fingerprint density at radius 2 is 1.58 bits per heavy atom. The molecule has 0 spiro atoms. The molecule has 31 heavy (non-hydrogen) atoms. The van der Waals surface area contributed by atoms with Gasteiger partial charge in [-0.3, -0.25) is 19.9 Å². The maximum atomic E-state index is 12.8. The Morgan fingerprint density at radius 1 is 0.935 bits per heavy atom. The number of tetrazole rings is 1. The van der Waals surface area contributed by atoms with Crippen molar-refractivity contribution in [2.24, 2.45) is 0 Å². The van der Waals surface area contributed by atoms with Crippen LogP contribution in [0.15, 0.2) is 59.1 Å². The Bertz CT molecular complexity index is 1050. The Hall–Kier alpha value is -1.69. The van der Waals surface area contributed by atoms with E-state index in [1.54, 1.807) is 46.2 Å². The van der Waals surface area contributed by atoms with Gasteiger partial charge in [0, 0.05) is 48.1 Å². The van der Waals surface area contributed by atoms with Crippen LogP contribution in [-0.2, 0) is 4.79 Å². The van der Waals surface area contributed by atoms with E-state index in [0.29, 0.717) is 37.6 Å². The number of carbonyl (C=O) groups is 2. The Balaban J connectivity index is 0.00000272. The zero-order valence-corrected chi connectivity index (χ0v) is 21.7. The predicted octanol–water partition coefficient (Wildman–Crippen LogP) is -0.740. The normalized spacial score (nSPS) is 13.8. The summed E-state index contributed by atoms with van der Waals surface area (Å²) in [5.41, 5.74) is 2.30. The van der Waals surface area contributed by atoms with Crippen molar-refractivity contribution in [3.8, 4) is 11.4 Å². The van der Waals surface area contributed by atoms with E-state index in [-0.39, 0.29) is 63.2 Å². The molecule has 0 atom stereocenters. The molecule has 0 unspecified atom stereocenters. The molecule has 2 heterocycles. The van der Waals surface area contributed by atoms with Crippen molar-refractivity contribution in [3.05, 3.63) is 70.2 Å². The number of amides is 2. The SMILES string of the molecule is O=C(/C=C/c1ccc(Br)cc1)N1CCN(C(=O)c2ccc(-c3nnn[n-]3)cc2)CC1.[K+]. The summed E-state index contributed by atoms with van der Waals surface area (Å²) in [7, 11) is 0. The zero-order valence-electron chi connectivity index (χ0n) is 17.0. The van der Waals surface area contributed by atoms with Gasteiger partial charge in [0.2, 0.25) is 5.91 Å². The summed E-state index contributed by atoms with van der Waals surface area (Å²) >= 11 is 3.39. The van der Waals surface area contributed by atoms with Crippen LogP contribution in [0.1, 0.15) is 15.9 Å². The number of aromatic nitrogens is 4. The van der Waals surface area contributed by atoms with Crippen molar-refractivity contribution in [1.82, 2.24) is 30.4 Å². The van der Waals surface area contributed by atoms with E-state index >= 15 is 0 Å². The molecule has 0 saturated carbocycles. The topological polar surface area (TPSA) is 93.4 Å². The van der Waals surface area contributed by atoms with Crippen molar-refractivity contribution in [1.29, 1.82) is 0 Å². The Labute approximate surface area is 230 Å². The molecule has 0 bridgehead atoms. The van der Waals surface area contributed by atoms with Crippen molar-refractivity contribution < 1.29 is 61.0 Å². The first-order valence-electron chi connectivity index (χ1n) is 9.41. The smallest absolute Gasteiger partial charge is 0.336 e. The first-order chi connectivity index (χ1) is 14.6. The summed E-state index contributed by atoms with van der Waals surface area (Å²) in [6.07, 6.45) is 3.38. The van der Waals surface area contributed by atoms with Crippen LogP contribution in [0.4, 0.5) is 0 Å². The van der Waals surface area contributed by atoms with Crippen LogP contribution >= 0.6 is 15.9 Å². The van der Waals surface area contributed by atoms with Gasteiger partial charge >= 0.3 is 51.4 Å². The summed E-state index contributed by atoms with van der Waals surface area (Å²) in [4.78, 5) is 28.7. The van der Waals surface area contributed by atoms with Gasteiger partial charge in [0.25, 0.3) is 5.91 Å². The third-order valence-corrected chi connectivity index (χ3v) is 5.40. The van der Waals surface area contributed by atoms with E-state index in [2.05, 4.69) is 36.6 Å². The number of carbonyl (C=O) groups excluding carboxylic acids is 2. The van der Waals surface area contributed by atoms with E-state index in [1.807, 2.05) is 24.3 Å². The molecule has 1 fully saturated rings. The number of benzene rings is 2. The van der Waals surface area contributed by atoms with Gasteiger partial charge in [-0.05, 0) is 41.5 Å². The molecule has 0 radical (unpaired) electrons. The molecule has 152 valence electrons. The molecular weight excluding hydrogens is 487 g/mol. The van der Waals surface area contributed by atoms with E-state index < -0.39 is 0 Å². The first kappa shape index (κ1) is 24.0. The van der Waals surface area contributed by atoms with Gasteiger partial charge in [-0.2, -0.15) is 5.21 Å². The van der Waals surface area contributed by atoms with Crippen molar-refractivity contribution >= 4 is 33.8 Å². The van der Waals surface area contributed by atoms with E-state index in [0.717, 1.165) is 15.6 Å². The van der Waals surface area contributed by atoms with E-state index in [9.17, 15) is 9.59 Å². The van der Waals surface area contributed by atoms with Crippen molar-refractivity contribution in [3.63, 3.8) is 0 Å². The Kier molecular flexibility index (Phi) is 8.70. The molecule has 1 aliphatic rings. The van der Waals surface area contributed by atoms with Crippen molar-refractivity contribution in [2.75, 3.05) is 26.2 Å². The molecule has 1 aliphatic heterocycles. The van der Waals surface area contributed by atoms with Crippen LogP contribution < -0.4 is 56.5 Å². The molecule has 0 aliphatic carbocycles. The first-order valence-corrected chi connectivity index (χ1v) is 10.2. The van der Waals surface area contributed by atoms with Crippen LogP contribution in [0.3, 0.4) is 0 Å². The second-order valence-corrected chi connectivity index (χ2v) is 7.70. The maximum absolute atomic E-state index is 12.8. The Morgan fingerprint density at radius 3 is 2.19 bits per heavy atom. The molecule has 8 nitrogen and oxygen atoms in total. The van der Waals surface area contributed by atoms with Gasteiger partial charge in [-0.1, -0.05) is 40.2 Å². The zero-order chi connectivity index (χ0) is 20.9. The minimum Gasteiger partial charge on any atom is -0.336 e. The molecule has 1 aromatic heterocycles. The number of piperazine rings is 1. The van der Waals surface area contributed by atoms with Gasteiger partial charge < -0.3 is 14.9 Å². The number of halogens is 1. The summed E-state index contributed by atoms with van der Waals surface area (Å²) in [5.74, 6) is 0.322. The summed E-state index contributed by atoms with van der Waals surface area (Å²) < 4.78 is 0.995. The number of hydrogen-bond acceptors (Lipinski definition) is 5. The van der Waals surface area contributed by atoms with Crippen LogP contribution in [-0.4, -0.2) is 63.3 Å². The summed E-state index contributed by atoms with van der Waals surface area (Å²) in [5, 5.41) is 14.5. The largest absolute Gasteiger partial charge is 1.00 e. The van der Waals surface area contributed by atoms with Crippen molar-refractivity contribution in [2.45, 2.75) is 0 Å². The van der Waals surface area contributed by atoms with Gasteiger partial charge in [0.1, 0.15) is 0 Å². The van der Waals surface area contributed by atoms with Crippen LogP contribution in [0.2, 0.25) is 0 Å². The fraction of sp³-hybridized carbons (Fsp3) is 0.190. The average Bonchev–Trinajstić information content (AvgIpc) is 3.33. The fourth-order valence-electron chi connectivity index (χ4n) is 3.18. The maximum Gasteiger partial charge on any atom is 1.00 e. The number of rotatable bonds is 4. The van der Waals surface area contributed by atoms with E-state index in [1.165, 1.54) is 0 Å². The molecule has 2 amide bonds. The number of hydrogen-bond donors (Lipinski definition) is 0. The number of nitrogens with zero attached hydrogens (tertiary/aromatic N) is 6. The van der Waals surface area contributed by atoms with Crippen LogP contribution in [0.25, 0.3) is 17.5 Å². The van der Waals surface area contributed by atoms with E-state index in [4.69, 9.17) is 0 Å². The molecule has 10 heteroatoms.